The van der Waals surface area contributed by atoms with E-state index in [0.717, 1.165) is 27.8 Å². The van der Waals surface area contributed by atoms with Gasteiger partial charge in [-0.25, -0.2) is 32.3 Å². The zero-order valence-electron chi connectivity index (χ0n) is 20.5. The third kappa shape index (κ3) is 5.00. The standard InChI is InChI=1S/C24H25FN8O3S/c1-15(2)18-12-28-33-7-6-16(10-20(18)33)23-19(25)13-27-24(30-23)29-21-5-4-17(11-26-21)32-9-8-31(14-22(32)34)37(3,35)36/h4-7,10-13,15H,8-9,14H2,1-3H3,(H,26,27,29,30). The second-order valence-electron chi connectivity index (χ2n) is 9.06. The molecule has 1 aliphatic heterocycles. The molecule has 0 saturated carbocycles. The Morgan fingerprint density at radius 3 is 2.57 bits per heavy atom. The van der Waals surface area contributed by atoms with Gasteiger partial charge in [0, 0.05) is 30.4 Å². The van der Waals surface area contributed by atoms with Crippen LogP contribution in [0.15, 0.2) is 49.1 Å². The predicted octanol–water partition coefficient (Wildman–Crippen LogP) is 2.80. The minimum absolute atomic E-state index is 0.141. The molecule has 1 aliphatic rings. The van der Waals surface area contributed by atoms with Gasteiger partial charge >= 0.3 is 0 Å². The number of aromatic nitrogens is 5. The van der Waals surface area contributed by atoms with Crippen LogP contribution in [-0.4, -0.2) is 69.1 Å². The highest BCUT2D eigenvalue weighted by Gasteiger charge is 2.30. The van der Waals surface area contributed by atoms with Crippen LogP contribution in [0.1, 0.15) is 25.3 Å². The Morgan fingerprint density at radius 2 is 1.89 bits per heavy atom. The maximum Gasteiger partial charge on any atom is 0.242 e. The van der Waals surface area contributed by atoms with Crippen molar-refractivity contribution in [1.82, 2.24) is 28.9 Å². The molecule has 1 saturated heterocycles. The number of nitrogens with one attached hydrogen (secondary N) is 1. The van der Waals surface area contributed by atoms with E-state index in [-0.39, 0.29) is 43.1 Å². The normalized spacial score (nSPS) is 15.1. The van der Waals surface area contributed by atoms with Crippen LogP contribution in [-0.2, 0) is 14.8 Å². The third-order valence-corrected chi connectivity index (χ3v) is 7.39. The summed E-state index contributed by atoms with van der Waals surface area (Å²) in [6, 6.07) is 6.93. The van der Waals surface area contributed by atoms with Gasteiger partial charge < -0.3 is 10.2 Å². The van der Waals surface area contributed by atoms with Gasteiger partial charge in [0.25, 0.3) is 0 Å². The molecule has 0 spiro atoms. The van der Waals surface area contributed by atoms with E-state index in [2.05, 4.69) is 39.2 Å². The van der Waals surface area contributed by atoms with Crippen molar-refractivity contribution in [2.45, 2.75) is 19.8 Å². The smallest absolute Gasteiger partial charge is 0.242 e. The second-order valence-corrected chi connectivity index (χ2v) is 11.0. The summed E-state index contributed by atoms with van der Waals surface area (Å²) in [6.45, 7) is 4.36. The minimum Gasteiger partial charge on any atom is -0.309 e. The van der Waals surface area contributed by atoms with Crippen molar-refractivity contribution < 1.29 is 17.6 Å². The van der Waals surface area contributed by atoms with E-state index in [0.29, 0.717) is 17.1 Å². The third-order valence-electron chi connectivity index (χ3n) is 6.14. The predicted molar refractivity (Wildman–Crippen MR) is 137 cm³/mol. The molecule has 0 atom stereocenters. The molecule has 0 aromatic carbocycles. The van der Waals surface area contributed by atoms with E-state index in [1.807, 2.05) is 12.3 Å². The molecule has 1 amide bonds. The van der Waals surface area contributed by atoms with Gasteiger partial charge in [-0.2, -0.15) is 9.40 Å². The Bertz CT molecular complexity index is 1590. The molecular formula is C24H25FN8O3S. The van der Waals surface area contributed by atoms with Crippen molar-refractivity contribution in [3.63, 3.8) is 0 Å². The molecular weight excluding hydrogens is 499 g/mol. The maximum atomic E-state index is 14.7. The van der Waals surface area contributed by atoms with Crippen LogP contribution in [0, 0.1) is 5.82 Å². The van der Waals surface area contributed by atoms with Gasteiger partial charge in [0.2, 0.25) is 21.9 Å². The Hall–Kier alpha value is -3.97. The van der Waals surface area contributed by atoms with Crippen molar-refractivity contribution in [2.75, 3.05) is 36.1 Å². The Kier molecular flexibility index (Phi) is 6.33. The van der Waals surface area contributed by atoms with Crippen LogP contribution in [0.3, 0.4) is 0 Å². The lowest BCUT2D eigenvalue weighted by Crippen LogP contribution is -2.52. The van der Waals surface area contributed by atoms with Gasteiger partial charge in [-0.3, -0.25) is 4.79 Å². The van der Waals surface area contributed by atoms with Crippen molar-refractivity contribution in [3.05, 3.63) is 60.4 Å². The first-order valence-corrected chi connectivity index (χ1v) is 13.4. The molecule has 192 valence electrons. The van der Waals surface area contributed by atoms with Crippen molar-refractivity contribution in [3.8, 4) is 11.3 Å². The number of pyridine rings is 2. The molecule has 0 aliphatic carbocycles. The number of sulfonamides is 1. The number of halogens is 1. The lowest BCUT2D eigenvalue weighted by atomic mass is 10.0. The number of carbonyl (C=O) groups excluding carboxylic acids is 1. The molecule has 0 bridgehead atoms. The SMILES string of the molecule is CC(C)c1cnn2ccc(-c3nc(Nc4ccc(N5CCN(S(C)(=O)=O)CC5=O)cn4)ncc3F)cc12. The van der Waals surface area contributed by atoms with E-state index in [1.165, 1.54) is 11.1 Å². The van der Waals surface area contributed by atoms with Crippen molar-refractivity contribution in [1.29, 1.82) is 0 Å². The van der Waals surface area contributed by atoms with Gasteiger partial charge in [0.15, 0.2) is 5.82 Å². The monoisotopic (exact) mass is 524 g/mol. The van der Waals surface area contributed by atoms with Crippen molar-refractivity contribution in [2.24, 2.45) is 0 Å². The number of carbonyl (C=O) groups is 1. The Morgan fingerprint density at radius 1 is 1.08 bits per heavy atom. The first-order chi connectivity index (χ1) is 17.6. The minimum atomic E-state index is -3.43. The summed E-state index contributed by atoms with van der Waals surface area (Å²) in [6.07, 6.45) is 7.26. The summed E-state index contributed by atoms with van der Waals surface area (Å²) in [5.74, 6) is -0.0750. The zero-order chi connectivity index (χ0) is 26.3. The fourth-order valence-electron chi connectivity index (χ4n) is 4.16. The zero-order valence-corrected chi connectivity index (χ0v) is 21.3. The summed E-state index contributed by atoms with van der Waals surface area (Å²) >= 11 is 0. The summed E-state index contributed by atoms with van der Waals surface area (Å²) in [5, 5.41) is 7.31. The molecule has 11 nitrogen and oxygen atoms in total. The number of fused-ring (bicyclic) bond motifs is 1. The van der Waals surface area contributed by atoms with Crippen LogP contribution in [0.4, 0.5) is 21.8 Å². The van der Waals surface area contributed by atoms with Gasteiger partial charge in [-0.05, 0) is 30.2 Å². The van der Waals surface area contributed by atoms with E-state index >= 15 is 0 Å². The average Bonchev–Trinajstić information content (AvgIpc) is 3.29. The average molecular weight is 525 g/mol. The van der Waals surface area contributed by atoms with Gasteiger partial charge in [-0.1, -0.05) is 13.8 Å². The lowest BCUT2D eigenvalue weighted by Gasteiger charge is -2.32. The summed E-state index contributed by atoms with van der Waals surface area (Å²) in [5.41, 5.74) is 3.20. The number of rotatable bonds is 6. The van der Waals surface area contributed by atoms with Crippen LogP contribution >= 0.6 is 0 Å². The summed E-state index contributed by atoms with van der Waals surface area (Å²) in [7, 11) is -3.43. The molecule has 0 unspecified atom stereocenters. The van der Waals surface area contributed by atoms with E-state index in [1.54, 1.807) is 28.9 Å². The number of hydrogen-bond acceptors (Lipinski definition) is 8. The number of piperazine rings is 1. The highest BCUT2D eigenvalue weighted by molar-refractivity contribution is 7.88. The number of anilines is 3. The molecule has 1 fully saturated rings. The van der Waals surface area contributed by atoms with Crippen LogP contribution in [0.5, 0.6) is 0 Å². The fraction of sp³-hybridized carbons (Fsp3) is 0.292. The highest BCUT2D eigenvalue weighted by atomic mass is 32.2. The van der Waals surface area contributed by atoms with E-state index in [4.69, 9.17) is 0 Å². The Balaban J connectivity index is 1.35. The molecule has 5 rings (SSSR count). The van der Waals surface area contributed by atoms with Crippen LogP contribution < -0.4 is 10.2 Å². The Labute approximate surface area is 213 Å². The van der Waals surface area contributed by atoms with Crippen LogP contribution in [0.2, 0.25) is 0 Å². The second kappa shape index (κ2) is 9.48. The molecule has 1 N–H and O–H groups in total. The fourth-order valence-corrected chi connectivity index (χ4v) is 4.92. The molecule has 37 heavy (non-hydrogen) atoms. The van der Waals surface area contributed by atoms with E-state index < -0.39 is 15.8 Å². The number of hydrogen-bond donors (Lipinski definition) is 1. The van der Waals surface area contributed by atoms with Gasteiger partial charge in [-0.15, -0.1) is 0 Å². The number of nitrogens with zero attached hydrogens (tertiary/aromatic N) is 7. The maximum absolute atomic E-state index is 14.7. The molecule has 4 aromatic rings. The first-order valence-electron chi connectivity index (χ1n) is 11.6. The van der Waals surface area contributed by atoms with E-state index in [9.17, 15) is 17.6 Å². The molecule has 4 aromatic heterocycles. The van der Waals surface area contributed by atoms with Crippen molar-refractivity contribution >= 4 is 38.9 Å². The number of amides is 1. The highest BCUT2D eigenvalue weighted by Crippen LogP contribution is 2.27. The first kappa shape index (κ1) is 24.7. The lowest BCUT2D eigenvalue weighted by molar-refractivity contribution is -0.119. The molecule has 13 heteroatoms. The quantitative estimate of drug-likeness (QED) is 0.408. The largest absolute Gasteiger partial charge is 0.309 e. The van der Waals surface area contributed by atoms with Gasteiger partial charge in [0.05, 0.1) is 42.6 Å². The van der Waals surface area contributed by atoms with Gasteiger partial charge in [0.1, 0.15) is 11.5 Å². The topological polar surface area (TPSA) is 126 Å². The molecule has 5 heterocycles. The summed E-state index contributed by atoms with van der Waals surface area (Å²) in [4.78, 5) is 26.7. The molecule has 0 radical (unpaired) electrons. The summed E-state index contributed by atoms with van der Waals surface area (Å²) < 4.78 is 41.0. The van der Waals surface area contributed by atoms with Crippen LogP contribution in [0.25, 0.3) is 16.8 Å².